The van der Waals surface area contributed by atoms with Crippen LogP contribution in [0.4, 0.5) is 4.79 Å². The third-order valence-electron chi connectivity index (χ3n) is 5.85. The number of urea groups is 1. The molecule has 0 saturated carbocycles. The fourth-order valence-electron chi connectivity index (χ4n) is 3.97. The van der Waals surface area contributed by atoms with Gasteiger partial charge in [-0.2, -0.15) is 0 Å². The number of allylic oxidation sites excluding steroid dienone is 6. The molecule has 2 aliphatic rings. The number of carboxylic acids is 1. The zero-order chi connectivity index (χ0) is 25.1. The van der Waals surface area contributed by atoms with Gasteiger partial charge in [-0.15, -0.1) is 0 Å². The van der Waals surface area contributed by atoms with E-state index in [1.807, 2.05) is 17.9 Å². The normalized spacial score (nSPS) is 18.9. The maximum Gasteiger partial charge on any atom is 0.331 e. The summed E-state index contributed by atoms with van der Waals surface area (Å²) in [7, 11) is 1.51. The second-order valence-corrected chi connectivity index (χ2v) is 8.23. The number of hydrogen-bond donors (Lipinski definition) is 4. The maximum atomic E-state index is 13.1. The minimum absolute atomic E-state index is 0.00549. The lowest BCUT2D eigenvalue weighted by Gasteiger charge is -2.26. The first-order valence-corrected chi connectivity index (χ1v) is 11.6. The van der Waals surface area contributed by atoms with Crippen LogP contribution in [-0.4, -0.2) is 60.7 Å². The van der Waals surface area contributed by atoms with Crippen LogP contribution in [0.2, 0.25) is 0 Å². The summed E-state index contributed by atoms with van der Waals surface area (Å²) in [5.41, 5.74) is 2.62. The Morgan fingerprint density at radius 2 is 2.06 bits per heavy atom. The summed E-state index contributed by atoms with van der Waals surface area (Å²) in [4.78, 5) is 37.8. The Kier molecular flexibility index (Phi) is 10.4. The van der Waals surface area contributed by atoms with E-state index in [4.69, 9.17) is 9.84 Å². The van der Waals surface area contributed by atoms with E-state index in [0.717, 1.165) is 18.5 Å². The number of methoxy groups -OCH3 is 1. The lowest BCUT2D eigenvalue weighted by molar-refractivity contribution is -0.133. The van der Waals surface area contributed by atoms with Gasteiger partial charge < -0.3 is 30.7 Å². The van der Waals surface area contributed by atoms with Crippen LogP contribution in [-0.2, 0) is 14.3 Å². The zero-order valence-corrected chi connectivity index (χ0v) is 20.3. The van der Waals surface area contributed by atoms with Gasteiger partial charge in [-0.05, 0) is 57.3 Å². The van der Waals surface area contributed by atoms with Crippen molar-refractivity contribution >= 4 is 17.9 Å². The number of amides is 3. The van der Waals surface area contributed by atoms with Crippen LogP contribution in [0.5, 0.6) is 0 Å². The highest BCUT2D eigenvalue weighted by atomic mass is 16.5. The lowest BCUT2D eigenvalue weighted by atomic mass is 10.0. The number of nitrogens with one attached hydrogen (secondary N) is 3. The molecule has 9 heteroatoms. The van der Waals surface area contributed by atoms with E-state index in [1.165, 1.54) is 7.11 Å². The Bertz CT molecular complexity index is 916. The second-order valence-electron chi connectivity index (χ2n) is 8.23. The predicted molar refractivity (Wildman–Crippen MR) is 131 cm³/mol. The number of ether oxygens (including phenoxy) is 1. The van der Waals surface area contributed by atoms with E-state index in [1.54, 1.807) is 25.2 Å². The van der Waals surface area contributed by atoms with E-state index in [2.05, 4.69) is 22.5 Å². The summed E-state index contributed by atoms with van der Waals surface area (Å²) in [5, 5.41) is 17.8. The molecular formula is C25H36N4O5. The molecule has 1 aliphatic heterocycles. The van der Waals surface area contributed by atoms with E-state index < -0.39 is 5.97 Å². The zero-order valence-electron chi connectivity index (χ0n) is 20.3. The number of rotatable bonds is 11. The van der Waals surface area contributed by atoms with Gasteiger partial charge in [0, 0.05) is 36.9 Å². The highest BCUT2D eigenvalue weighted by Crippen LogP contribution is 2.22. The van der Waals surface area contributed by atoms with Gasteiger partial charge in [0.05, 0.1) is 19.2 Å². The van der Waals surface area contributed by atoms with Crippen LogP contribution in [0, 0.1) is 0 Å². The number of carbonyl (C=O) groups excluding carboxylic acids is 2. The molecule has 4 N–H and O–H groups in total. The third-order valence-corrected chi connectivity index (χ3v) is 5.85. The van der Waals surface area contributed by atoms with Gasteiger partial charge in [0.15, 0.2) is 0 Å². The first-order chi connectivity index (χ1) is 16.3. The number of carboxylic acid groups (broad SMARTS) is 1. The molecule has 0 radical (unpaired) electrons. The lowest BCUT2D eigenvalue weighted by Crippen LogP contribution is -2.41. The number of carbonyl (C=O) groups is 3. The number of likely N-dealkylation sites (tertiary alicyclic amines) is 1. The van der Waals surface area contributed by atoms with Crippen molar-refractivity contribution < 1.29 is 24.2 Å². The average molecular weight is 473 g/mol. The monoisotopic (exact) mass is 472 g/mol. The molecule has 1 atom stereocenters. The first kappa shape index (κ1) is 26.8. The molecule has 2 rings (SSSR count). The molecule has 9 nitrogen and oxygen atoms in total. The average Bonchev–Trinajstić information content (AvgIpc) is 3.29. The maximum absolute atomic E-state index is 13.1. The topological polar surface area (TPSA) is 120 Å². The van der Waals surface area contributed by atoms with Crippen molar-refractivity contribution in [3.05, 3.63) is 59.2 Å². The van der Waals surface area contributed by atoms with Crippen LogP contribution in [0.15, 0.2) is 59.2 Å². The largest absolute Gasteiger partial charge is 0.495 e. The highest BCUT2D eigenvalue weighted by molar-refractivity contribution is 5.87. The summed E-state index contributed by atoms with van der Waals surface area (Å²) in [6.07, 6.45) is 9.96. The summed E-state index contributed by atoms with van der Waals surface area (Å²) in [5.74, 6) is -0.423. The fourth-order valence-corrected chi connectivity index (χ4v) is 3.97. The Hall–Kier alpha value is -3.49. The van der Waals surface area contributed by atoms with Crippen molar-refractivity contribution in [2.45, 2.75) is 52.0 Å². The Labute approximate surface area is 201 Å². The molecule has 3 amide bonds. The Morgan fingerprint density at radius 1 is 1.29 bits per heavy atom. The molecule has 0 aromatic heterocycles. The van der Waals surface area contributed by atoms with E-state index in [0.29, 0.717) is 55.1 Å². The number of hydrogen-bond acceptors (Lipinski definition) is 5. The van der Waals surface area contributed by atoms with Crippen LogP contribution in [0.1, 0.15) is 46.0 Å². The summed E-state index contributed by atoms with van der Waals surface area (Å²) < 4.78 is 5.41. The molecule has 1 unspecified atom stereocenters. The van der Waals surface area contributed by atoms with Crippen LogP contribution in [0.25, 0.3) is 0 Å². The highest BCUT2D eigenvalue weighted by Gasteiger charge is 2.29. The van der Waals surface area contributed by atoms with Gasteiger partial charge in [0.2, 0.25) is 5.91 Å². The molecule has 1 saturated heterocycles. The first-order valence-electron chi connectivity index (χ1n) is 11.6. The molecule has 0 aromatic carbocycles. The van der Waals surface area contributed by atoms with Crippen molar-refractivity contribution in [3.63, 3.8) is 0 Å². The van der Waals surface area contributed by atoms with Crippen molar-refractivity contribution in [1.29, 1.82) is 0 Å². The third kappa shape index (κ3) is 7.83. The van der Waals surface area contributed by atoms with Crippen molar-refractivity contribution in [2.75, 3.05) is 26.7 Å². The minimum atomic E-state index is -0.879. The van der Waals surface area contributed by atoms with Gasteiger partial charge >= 0.3 is 12.0 Å². The van der Waals surface area contributed by atoms with Crippen molar-refractivity contribution in [3.8, 4) is 0 Å². The van der Waals surface area contributed by atoms with E-state index in [9.17, 15) is 14.4 Å². The van der Waals surface area contributed by atoms with E-state index >= 15 is 0 Å². The van der Waals surface area contributed by atoms with Gasteiger partial charge in [0.25, 0.3) is 0 Å². The molecule has 186 valence electrons. The second kappa shape index (κ2) is 13.3. The minimum Gasteiger partial charge on any atom is -0.495 e. The standard InChI is InChI=1S/C25H36N4O5/c1-5-18(14-22(34-4)17(3)28-25(33)26-6-2)15-23(30)29-13-7-8-21(29)16-27-20-11-9-19(10-12-20)24(31)32/h5,9,11,14,21,27H,1,6-8,10,12-13,15-16H2,2-4H3,(H,31,32)(H2,26,28,33)/b18-14+,22-17-. The van der Waals surface area contributed by atoms with E-state index in [-0.39, 0.29) is 24.4 Å². The van der Waals surface area contributed by atoms with Crippen LogP contribution >= 0.6 is 0 Å². The summed E-state index contributed by atoms with van der Waals surface area (Å²) in [6.45, 7) is 9.21. The Morgan fingerprint density at radius 3 is 2.65 bits per heavy atom. The molecule has 1 aliphatic carbocycles. The molecule has 34 heavy (non-hydrogen) atoms. The fraction of sp³-hybridized carbons (Fsp3) is 0.480. The van der Waals surface area contributed by atoms with Gasteiger partial charge in [0.1, 0.15) is 5.76 Å². The predicted octanol–water partition coefficient (Wildman–Crippen LogP) is 2.96. The molecule has 1 fully saturated rings. The van der Waals surface area contributed by atoms with Gasteiger partial charge in [-0.25, -0.2) is 9.59 Å². The van der Waals surface area contributed by atoms with Crippen molar-refractivity contribution in [2.24, 2.45) is 0 Å². The van der Waals surface area contributed by atoms with Crippen LogP contribution < -0.4 is 16.0 Å². The summed E-state index contributed by atoms with van der Waals surface area (Å²) in [6, 6.07) is -0.253. The summed E-state index contributed by atoms with van der Waals surface area (Å²) >= 11 is 0. The molecule has 0 aromatic rings. The quantitative estimate of drug-likeness (QED) is 0.271. The van der Waals surface area contributed by atoms with Crippen LogP contribution in [0.3, 0.4) is 0 Å². The smallest absolute Gasteiger partial charge is 0.331 e. The molecule has 0 bridgehead atoms. The van der Waals surface area contributed by atoms with Gasteiger partial charge in [-0.3, -0.25) is 4.79 Å². The number of nitrogens with zero attached hydrogens (tertiary/aromatic N) is 1. The molecule has 0 spiro atoms. The van der Waals surface area contributed by atoms with Gasteiger partial charge in [-0.1, -0.05) is 18.7 Å². The van der Waals surface area contributed by atoms with Crippen molar-refractivity contribution in [1.82, 2.24) is 20.9 Å². The Balaban J connectivity index is 2.00. The molecular weight excluding hydrogens is 436 g/mol. The SMILES string of the molecule is C=C/C(=C\C(OC)=C(/C)NC(=O)NCC)CC(=O)N1CCCC1CNC1=CC=C(C(=O)O)CC1. The molecule has 1 heterocycles. The number of aliphatic carboxylic acids is 1.